The van der Waals surface area contributed by atoms with Gasteiger partial charge >= 0.3 is 0 Å². The van der Waals surface area contributed by atoms with E-state index >= 15 is 0 Å². The number of amides is 1. The number of nitrogens with two attached hydrogens (primary N) is 1. The molecule has 2 aliphatic rings. The highest BCUT2D eigenvalue weighted by Crippen LogP contribution is 2.36. The molecule has 8 heteroatoms. The molecule has 3 N–H and O–H groups in total. The van der Waals surface area contributed by atoms with E-state index in [2.05, 4.69) is 5.32 Å². The van der Waals surface area contributed by atoms with Crippen molar-refractivity contribution in [1.29, 1.82) is 0 Å². The monoisotopic (exact) mass is 312 g/mol. The second-order valence-corrected chi connectivity index (χ2v) is 7.78. The van der Waals surface area contributed by atoms with Gasteiger partial charge in [-0.1, -0.05) is 0 Å². The van der Waals surface area contributed by atoms with Gasteiger partial charge in [0.15, 0.2) is 0 Å². The van der Waals surface area contributed by atoms with Gasteiger partial charge in [-0.05, 0) is 31.9 Å². The Kier molecular flexibility index (Phi) is 3.34. The van der Waals surface area contributed by atoms with E-state index in [1.165, 1.54) is 16.8 Å². The van der Waals surface area contributed by atoms with Crippen LogP contribution in [0.1, 0.15) is 23.8 Å². The number of sulfonamides is 1. The van der Waals surface area contributed by atoms with Crippen LogP contribution in [0.3, 0.4) is 0 Å². The van der Waals surface area contributed by atoms with Crippen molar-refractivity contribution >= 4 is 15.9 Å². The van der Waals surface area contributed by atoms with E-state index in [4.69, 9.17) is 5.73 Å². The highest BCUT2D eigenvalue weighted by Gasteiger charge is 2.48. The lowest BCUT2D eigenvalue weighted by Gasteiger charge is -2.26. The first-order valence-corrected chi connectivity index (χ1v) is 8.47. The Morgan fingerprint density at radius 3 is 2.76 bits per heavy atom. The largest absolute Gasteiger partial charge is 0.364 e. The number of rotatable bonds is 3. The first-order valence-electron chi connectivity index (χ1n) is 7.03. The van der Waals surface area contributed by atoms with Crippen molar-refractivity contribution in [1.82, 2.24) is 14.2 Å². The first kappa shape index (κ1) is 14.6. The van der Waals surface area contributed by atoms with Crippen LogP contribution in [0.5, 0.6) is 0 Å². The summed E-state index contributed by atoms with van der Waals surface area (Å²) in [5.74, 6) is -0.261. The summed E-state index contributed by atoms with van der Waals surface area (Å²) in [5, 5.41) is 3.25. The summed E-state index contributed by atoms with van der Waals surface area (Å²) < 4.78 is 28.9. The molecule has 2 saturated heterocycles. The van der Waals surface area contributed by atoms with Gasteiger partial charge in [-0.15, -0.1) is 0 Å². The highest BCUT2D eigenvalue weighted by molar-refractivity contribution is 7.89. The Bertz CT molecular complexity index is 682. The molecule has 2 fully saturated rings. The number of hydrogen-bond donors (Lipinski definition) is 2. The zero-order chi connectivity index (χ0) is 15.4. The molecular weight excluding hydrogens is 292 g/mol. The van der Waals surface area contributed by atoms with E-state index in [1.807, 2.05) is 6.92 Å². The second kappa shape index (κ2) is 4.82. The molecule has 2 aliphatic heterocycles. The molecule has 0 aliphatic carbocycles. The summed E-state index contributed by atoms with van der Waals surface area (Å²) in [5.41, 5.74) is 5.46. The van der Waals surface area contributed by atoms with Gasteiger partial charge in [0.1, 0.15) is 10.6 Å². The number of fused-ring (bicyclic) bond motifs is 1. The van der Waals surface area contributed by atoms with Crippen LogP contribution in [-0.4, -0.2) is 48.4 Å². The number of primary amides is 1. The van der Waals surface area contributed by atoms with Crippen molar-refractivity contribution in [3.8, 4) is 0 Å². The van der Waals surface area contributed by atoms with Gasteiger partial charge in [-0.3, -0.25) is 4.79 Å². The average molecular weight is 312 g/mol. The predicted octanol–water partition coefficient (Wildman–Crippen LogP) is -0.505. The van der Waals surface area contributed by atoms with Crippen LogP contribution < -0.4 is 11.1 Å². The van der Waals surface area contributed by atoms with Crippen molar-refractivity contribution in [3.63, 3.8) is 0 Å². The minimum absolute atomic E-state index is 0.00207. The number of nitrogens with one attached hydrogen (secondary N) is 1. The lowest BCUT2D eigenvalue weighted by Crippen LogP contribution is -2.42. The lowest BCUT2D eigenvalue weighted by molar-refractivity contribution is 0.0992. The molecule has 1 amide bonds. The lowest BCUT2D eigenvalue weighted by atomic mass is 10.0. The van der Waals surface area contributed by atoms with E-state index in [-0.39, 0.29) is 22.7 Å². The smallest absolute Gasteiger partial charge is 0.265 e. The van der Waals surface area contributed by atoms with Gasteiger partial charge in [0, 0.05) is 31.9 Å². The maximum Gasteiger partial charge on any atom is 0.265 e. The molecule has 0 spiro atoms. The van der Waals surface area contributed by atoms with Crippen LogP contribution in [0.25, 0.3) is 0 Å². The van der Waals surface area contributed by atoms with Crippen molar-refractivity contribution in [2.75, 3.05) is 13.1 Å². The Balaban J connectivity index is 2.00. The van der Waals surface area contributed by atoms with Gasteiger partial charge in [0.25, 0.3) is 5.91 Å². The van der Waals surface area contributed by atoms with E-state index in [9.17, 15) is 13.2 Å². The number of aromatic nitrogens is 1. The van der Waals surface area contributed by atoms with Crippen molar-refractivity contribution in [2.45, 2.75) is 30.3 Å². The predicted molar refractivity (Wildman–Crippen MR) is 77.2 cm³/mol. The molecule has 3 rings (SSSR count). The fourth-order valence-electron chi connectivity index (χ4n) is 3.58. The Labute approximate surface area is 124 Å². The van der Waals surface area contributed by atoms with Gasteiger partial charge in [-0.2, -0.15) is 4.31 Å². The second-order valence-electron chi connectivity index (χ2n) is 5.94. The standard InChI is InChI=1S/C13H20N4O3S/c1-8-3-9-5-15-6-12(9)17(8)21(19,20)10-4-11(13(14)18)16(2)7-10/h4,7-9,12,15H,3,5-6H2,1-2H3,(H2,14,18). The highest BCUT2D eigenvalue weighted by atomic mass is 32.2. The maximum atomic E-state index is 12.9. The molecule has 7 nitrogen and oxygen atoms in total. The number of nitrogens with zero attached hydrogens (tertiary/aromatic N) is 2. The number of carbonyl (C=O) groups excluding carboxylic acids is 1. The van der Waals surface area contributed by atoms with Crippen LogP contribution in [-0.2, 0) is 17.1 Å². The normalized spacial score (nSPS) is 29.7. The van der Waals surface area contributed by atoms with Gasteiger partial charge in [0.2, 0.25) is 10.0 Å². The quantitative estimate of drug-likeness (QED) is 0.786. The zero-order valence-electron chi connectivity index (χ0n) is 12.1. The Morgan fingerprint density at radius 2 is 2.14 bits per heavy atom. The van der Waals surface area contributed by atoms with E-state index in [0.717, 1.165) is 13.0 Å². The summed E-state index contributed by atoms with van der Waals surface area (Å²) in [7, 11) is -2.00. The topological polar surface area (TPSA) is 97.4 Å². The number of carbonyl (C=O) groups is 1. The van der Waals surface area contributed by atoms with Gasteiger partial charge < -0.3 is 15.6 Å². The summed E-state index contributed by atoms with van der Waals surface area (Å²) in [6.45, 7) is 3.49. The fourth-order valence-corrected chi connectivity index (χ4v) is 5.54. The van der Waals surface area contributed by atoms with Crippen LogP contribution in [0.4, 0.5) is 0 Å². The summed E-state index contributed by atoms with van der Waals surface area (Å²) >= 11 is 0. The third-order valence-corrected chi connectivity index (χ3v) is 6.52. The molecule has 1 aromatic rings. The molecule has 0 aromatic carbocycles. The summed E-state index contributed by atoms with van der Waals surface area (Å²) in [6.07, 6.45) is 2.32. The van der Waals surface area contributed by atoms with Crippen LogP contribution >= 0.6 is 0 Å². The molecule has 1 aromatic heterocycles. The molecule has 3 unspecified atom stereocenters. The molecule has 0 radical (unpaired) electrons. The summed E-state index contributed by atoms with van der Waals surface area (Å²) in [6, 6.07) is 1.34. The van der Waals surface area contributed by atoms with Crippen LogP contribution in [0, 0.1) is 5.92 Å². The van der Waals surface area contributed by atoms with Crippen LogP contribution in [0.15, 0.2) is 17.2 Å². The van der Waals surface area contributed by atoms with Crippen LogP contribution in [0.2, 0.25) is 0 Å². The Hall–Kier alpha value is -1.38. The molecule has 116 valence electrons. The van der Waals surface area contributed by atoms with E-state index < -0.39 is 15.9 Å². The van der Waals surface area contributed by atoms with Gasteiger partial charge in [-0.25, -0.2) is 8.42 Å². The third kappa shape index (κ3) is 2.18. The molecule has 21 heavy (non-hydrogen) atoms. The average Bonchev–Trinajstić information content (AvgIpc) is 3.02. The van der Waals surface area contributed by atoms with Crippen molar-refractivity contribution in [3.05, 3.63) is 18.0 Å². The van der Waals surface area contributed by atoms with Gasteiger partial charge in [0.05, 0.1) is 0 Å². The molecule has 3 atom stereocenters. The molecular formula is C13H20N4O3S. The summed E-state index contributed by atoms with van der Waals surface area (Å²) in [4.78, 5) is 11.5. The van der Waals surface area contributed by atoms with Crippen molar-refractivity contribution < 1.29 is 13.2 Å². The first-order chi connectivity index (χ1) is 9.82. The zero-order valence-corrected chi connectivity index (χ0v) is 12.9. The molecule has 0 saturated carbocycles. The maximum absolute atomic E-state index is 12.9. The third-order valence-electron chi connectivity index (χ3n) is 4.52. The fraction of sp³-hybridized carbons (Fsp3) is 0.615. The van der Waals surface area contributed by atoms with Crippen molar-refractivity contribution in [2.24, 2.45) is 18.7 Å². The number of hydrogen-bond acceptors (Lipinski definition) is 4. The molecule has 0 bridgehead atoms. The van der Waals surface area contributed by atoms with E-state index in [0.29, 0.717) is 12.5 Å². The number of aryl methyl sites for hydroxylation is 1. The van der Waals surface area contributed by atoms with E-state index in [1.54, 1.807) is 11.4 Å². The minimum atomic E-state index is -3.61. The molecule has 3 heterocycles. The minimum Gasteiger partial charge on any atom is -0.364 e. The SMILES string of the molecule is CC1CC2CNCC2N1S(=O)(=O)c1cc(C(N)=O)n(C)c1. The Morgan fingerprint density at radius 1 is 1.43 bits per heavy atom.